The molecule has 1 aromatic carbocycles. The molecule has 0 spiro atoms. The molecule has 0 bridgehead atoms. The summed E-state index contributed by atoms with van der Waals surface area (Å²) in [5, 5.41) is 0. The van der Waals surface area contributed by atoms with Crippen LogP contribution in [0.3, 0.4) is 0 Å². The zero-order valence-corrected chi connectivity index (χ0v) is 10.6. The summed E-state index contributed by atoms with van der Waals surface area (Å²) >= 11 is 3.43. The molecule has 0 aromatic heterocycles. The first-order valence-corrected chi connectivity index (χ1v) is 5.72. The van der Waals surface area contributed by atoms with E-state index >= 15 is 0 Å². The van der Waals surface area contributed by atoms with Crippen LogP contribution in [0.25, 0.3) is 0 Å². The van der Waals surface area contributed by atoms with Crippen LogP contribution in [-0.4, -0.2) is 5.54 Å². The number of benzene rings is 1. The molecule has 0 aliphatic rings. The largest absolute Gasteiger partial charge is 0.326 e. The van der Waals surface area contributed by atoms with Crippen LogP contribution in [0.15, 0.2) is 28.7 Å². The van der Waals surface area contributed by atoms with Crippen LogP contribution in [0, 0.1) is 0 Å². The van der Waals surface area contributed by atoms with E-state index in [9.17, 15) is 0 Å². The van der Waals surface area contributed by atoms with E-state index in [-0.39, 0.29) is 5.54 Å². The van der Waals surface area contributed by atoms with Crippen molar-refractivity contribution >= 4 is 15.9 Å². The van der Waals surface area contributed by atoms with E-state index in [1.165, 1.54) is 5.56 Å². The number of nitrogens with two attached hydrogens (primary N) is 1. The molecular weight excluding hydrogens is 238 g/mol. The van der Waals surface area contributed by atoms with E-state index < -0.39 is 0 Å². The molecule has 0 saturated heterocycles. The van der Waals surface area contributed by atoms with Crippen molar-refractivity contribution in [1.29, 1.82) is 0 Å². The molecule has 0 fully saturated rings. The lowest BCUT2D eigenvalue weighted by Crippen LogP contribution is -2.33. The molecule has 1 nitrogen and oxygen atoms in total. The zero-order chi connectivity index (χ0) is 10.8. The average Bonchev–Trinajstić information content (AvgIpc) is 2.02. The maximum absolute atomic E-state index is 5.99. The molecule has 1 aromatic rings. The van der Waals surface area contributed by atoms with E-state index in [2.05, 4.69) is 61.0 Å². The van der Waals surface area contributed by atoms with Gasteiger partial charge in [0.05, 0.1) is 0 Å². The highest BCUT2D eigenvalue weighted by molar-refractivity contribution is 9.10. The second kappa shape index (κ2) is 4.45. The minimum absolute atomic E-state index is 0.0908. The first-order valence-electron chi connectivity index (χ1n) is 4.93. The SMILES string of the molecule is CC(CC(C)(C)N)c1ccc(Br)cc1. The smallest absolute Gasteiger partial charge is 0.0175 e. The van der Waals surface area contributed by atoms with Crippen LogP contribution in [0.5, 0.6) is 0 Å². The van der Waals surface area contributed by atoms with Crippen molar-refractivity contribution in [1.82, 2.24) is 0 Å². The van der Waals surface area contributed by atoms with Gasteiger partial charge in [-0.2, -0.15) is 0 Å². The van der Waals surface area contributed by atoms with Crippen LogP contribution in [0.4, 0.5) is 0 Å². The lowest BCUT2D eigenvalue weighted by molar-refractivity contribution is 0.437. The Morgan fingerprint density at radius 2 is 1.79 bits per heavy atom. The van der Waals surface area contributed by atoms with Gasteiger partial charge < -0.3 is 5.73 Å². The van der Waals surface area contributed by atoms with Crippen LogP contribution >= 0.6 is 15.9 Å². The van der Waals surface area contributed by atoms with Gasteiger partial charge in [0, 0.05) is 10.0 Å². The monoisotopic (exact) mass is 255 g/mol. The molecule has 0 aliphatic carbocycles. The Morgan fingerprint density at radius 1 is 1.29 bits per heavy atom. The Balaban J connectivity index is 2.70. The van der Waals surface area contributed by atoms with Crippen molar-refractivity contribution in [3.05, 3.63) is 34.3 Å². The minimum atomic E-state index is -0.0908. The van der Waals surface area contributed by atoms with Crippen molar-refractivity contribution < 1.29 is 0 Å². The molecule has 0 heterocycles. The molecule has 0 aliphatic heterocycles. The lowest BCUT2D eigenvalue weighted by atomic mass is 9.88. The molecule has 0 amide bonds. The fourth-order valence-corrected chi connectivity index (χ4v) is 1.96. The Hall–Kier alpha value is -0.340. The van der Waals surface area contributed by atoms with Crippen molar-refractivity contribution in [2.45, 2.75) is 38.6 Å². The molecule has 1 rings (SSSR count). The lowest BCUT2D eigenvalue weighted by Gasteiger charge is -2.23. The summed E-state index contributed by atoms with van der Waals surface area (Å²) in [5.74, 6) is 0.517. The standard InChI is InChI=1S/C12H18BrN/c1-9(8-12(2,3)14)10-4-6-11(13)7-5-10/h4-7,9H,8,14H2,1-3H3. The van der Waals surface area contributed by atoms with Crippen LogP contribution in [0.2, 0.25) is 0 Å². The second-order valence-electron chi connectivity index (χ2n) is 4.65. The first kappa shape index (κ1) is 11.7. The van der Waals surface area contributed by atoms with E-state index in [1.54, 1.807) is 0 Å². The van der Waals surface area contributed by atoms with E-state index in [4.69, 9.17) is 5.73 Å². The highest BCUT2D eigenvalue weighted by Gasteiger charge is 2.16. The molecule has 2 N–H and O–H groups in total. The Bertz CT molecular complexity index is 284. The summed E-state index contributed by atoms with van der Waals surface area (Å²) in [5.41, 5.74) is 7.26. The Labute approximate surface area is 94.8 Å². The summed E-state index contributed by atoms with van der Waals surface area (Å²) in [4.78, 5) is 0. The summed E-state index contributed by atoms with van der Waals surface area (Å²) in [6.07, 6.45) is 1.01. The number of rotatable bonds is 3. The quantitative estimate of drug-likeness (QED) is 0.877. The van der Waals surface area contributed by atoms with Crippen molar-refractivity contribution in [2.75, 3.05) is 0 Å². The number of hydrogen-bond donors (Lipinski definition) is 1. The molecule has 0 saturated carbocycles. The first-order chi connectivity index (χ1) is 6.38. The summed E-state index contributed by atoms with van der Waals surface area (Å²) < 4.78 is 1.13. The minimum Gasteiger partial charge on any atom is -0.326 e. The maximum Gasteiger partial charge on any atom is 0.0175 e. The zero-order valence-electron chi connectivity index (χ0n) is 9.05. The van der Waals surface area contributed by atoms with Gasteiger partial charge in [0.1, 0.15) is 0 Å². The molecular formula is C12H18BrN. The van der Waals surface area contributed by atoms with Gasteiger partial charge in [0.15, 0.2) is 0 Å². The second-order valence-corrected chi connectivity index (χ2v) is 5.56. The third-order valence-electron chi connectivity index (χ3n) is 2.27. The van der Waals surface area contributed by atoms with Gasteiger partial charge in [0.2, 0.25) is 0 Å². The fraction of sp³-hybridized carbons (Fsp3) is 0.500. The highest BCUT2D eigenvalue weighted by atomic mass is 79.9. The van der Waals surface area contributed by atoms with Crippen molar-refractivity contribution in [2.24, 2.45) is 5.73 Å². The summed E-state index contributed by atoms with van der Waals surface area (Å²) in [7, 11) is 0. The summed E-state index contributed by atoms with van der Waals surface area (Å²) in [6.45, 7) is 6.36. The van der Waals surface area contributed by atoms with Crippen LogP contribution < -0.4 is 5.73 Å². The maximum atomic E-state index is 5.99. The fourth-order valence-electron chi connectivity index (χ4n) is 1.70. The highest BCUT2D eigenvalue weighted by Crippen LogP contribution is 2.25. The number of hydrogen-bond acceptors (Lipinski definition) is 1. The molecule has 14 heavy (non-hydrogen) atoms. The molecule has 78 valence electrons. The Kier molecular flexibility index (Phi) is 3.73. The average molecular weight is 256 g/mol. The van der Waals surface area contributed by atoms with Gasteiger partial charge >= 0.3 is 0 Å². The third-order valence-corrected chi connectivity index (χ3v) is 2.80. The van der Waals surface area contributed by atoms with Crippen LogP contribution in [-0.2, 0) is 0 Å². The van der Waals surface area contributed by atoms with Gasteiger partial charge in [-0.25, -0.2) is 0 Å². The van der Waals surface area contributed by atoms with Gasteiger partial charge in [0.25, 0.3) is 0 Å². The van der Waals surface area contributed by atoms with Crippen LogP contribution in [0.1, 0.15) is 38.7 Å². The van der Waals surface area contributed by atoms with E-state index in [0.717, 1.165) is 10.9 Å². The van der Waals surface area contributed by atoms with Crippen molar-refractivity contribution in [3.8, 4) is 0 Å². The molecule has 0 radical (unpaired) electrons. The topological polar surface area (TPSA) is 26.0 Å². The molecule has 1 unspecified atom stereocenters. The Morgan fingerprint density at radius 3 is 2.21 bits per heavy atom. The van der Waals surface area contributed by atoms with Gasteiger partial charge in [-0.15, -0.1) is 0 Å². The van der Waals surface area contributed by atoms with E-state index in [1.807, 2.05) is 0 Å². The predicted octanol–water partition coefficient (Wildman–Crippen LogP) is 3.68. The van der Waals surface area contributed by atoms with Gasteiger partial charge in [-0.05, 0) is 43.9 Å². The summed E-state index contributed by atoms with van der Waals surface area (Å²) in [6, 6.07) is 8.46. The van der Waals surface area contributed by atoms with E-state index in [0.29, 0.717) is 5.92 Å². The van der Waals surface area contributed by atoms with Crippen molar-refractivity contribution in [3.63, 3.8) is 0 Å². The number of halogens is 1. The predicted molar refractivity (Wildman–Crippen MR) is 65.4 cm³/mol. The van der Waals surface area contributed by atoms with Gasteiger partial charge in [-0.3, -0.25) is 0 Å². The van der Waals surface area contributed by atoms with Gasteiger partial charge in [-0.1, -0.05) is 35.0 Å². The normalized spacial score (nSPS) is 14.1. The molecule has 2 heteroatoms. The molecule has 1 atom stereocenters. The third kappa shape index (κ3) is 3.81.